The molecule has 4 heteroatoms. The molecule has 0 bridgehead atoms. The highest BCUT2D eigenvalue weighted by Crippen LogP contribution is 2.20. The van der Waals surface area contributed by atoms with Gasteiger partial charge in [0.1, 0.15) is 14.8 Å². The Hall–Kier alpha value is 1.01. The van der Waals surface area contributed by atoms with Crippen molar-refractivity contribution >= 4 is 36.9 Å². The highest BCUT2D eigenvalue weighted by Gasteiger charge is 2.16. The Morgan fingerprint density at radius 2 is 0.684 bits per heavy atom. The van der Waals surface area contributed by atoms with Gasteiger partial charge in [0.2, 0.25) is 0 Å². The Labute approximate surface area is 133 Å². The van der Waals surface area contributed by atoms with Gasteiger partial charge in [-0.1, -0.05) is 84.0 Å². The zero-order chi connectivity index (χ0) is 14.8. The maximum Gasteiger partial charge on any atom is 0.150 e. The Morgan fingerprint density at radius 1 is 0.474 bits per heavy atom. The van der Waals surface area contributed by atoms with Gasteiger partial charge in [-0.3, -0.25) is 0 Å². The van der Waals surface area contributed by atoms with Gasteiger partial charge in [-0.15, -0.1) is 0 Å². The van der Waals surface area contributed by atoms with E-state index in [2.05, 4.69) is 26.2 Å². The minimum Gasteiger partial charge on any atom is -0.168 e. The molecule has 0 heterocycles. The van der Waals surface area contributed by atoms with E-state index in [1.165, 1.54) is 69.9 Å². The van der Waals surface area contributed by atoms with E-state index in [1.54, 1.807) is 0 Å². The summed E-state index contributed by atoms with van der Waals surface area (Å²) in [6, 6.07) is 2.57. The van der Waals surface area contributed by atoms with Crippen molar-refractivity contribution < 1.29 is 0 Å². The molecule has 0 aromatic carbocycles. The minimum atomic E-state index is -1.30. The molecule has 0 rings (SSSR count). The van der Waals surface area contributed by atoms with Crippen molar-refractivity contribution in [2.75, 3.05) is 0 Å². The summed E-state index contributed by atoms with van der Waals surface area (Å²) in [6.07, 6.45) is 12.5. The fourth-order valence-corrected chi connectivity index (χ4v) is 5.31. The number of hydrogen-bond acceptors (Lipinski definition) is 0. The lowest BCUT2D eigenvalue weighted by molar-refractivity contribution is 0.571. The van der Waals surface area contributed by atoms with Gasteiger partial charge in [0.15, 0.2) is 0 Å². The summed E-state index contributed by atoms with van der Waals surface area (Å²) in [5.41, 5.74) is 0. The largest absolute Gasteiger partial charge is 0.168 e. The van der Waals surface area contributed by atoms with E-state index in [9.17, 15) is 0 Å². The molecule has 0 saturated carbocycles. The molecule has 0 radical (unpaired) electrons. The average molecular weight is 342 g/mol. The van der Waals surface area contributed by atoms with Crippen molar-refractivity contribution in [2.45, 2.75) is 96.1 Å². The number of rotatable bonds is 12. The second kappa shape index (κ2) is 10.7. The molecule has 19 heavy (non-hydrogen) atoms. The van der Waals surface area contributed by atoms with Crippen LogP contribution in [0, 0.1) is 0 Å². The van der Waals surface area contributed by atoms with Crippen molar-refractivity contribution in [3.05, 3.63) is 0 Å². The molecule has 0 saturated heterocycles. The lowest BCUT2D eigenvalue weighted by Gasteiger charge is -2.12. The van der Waals surface area contributed by atoms with Crippen LogP contribution in [0.25, 0.3) is 0 Å². The van der Waals surface area contributed by atoms with Crippen LogP contribution in [0.1, 0.15) is 57.8 Å². The van der Waals surface area contributed by atoms with Crippen molar-refractivity contribution in [2.24, 2.45) is 0 Å². The van der Waals surface area contributed by atoms with Crippen LogP contribution in [-0.2, 0) is 0 Å². The molecule has 0 aliphatic heterocycles. The van der Waals surface area contributed by atoms with Crippen LogP contribution in [0.4, 0.5) is 0 Å². The summed E-state index contributed by atoms with van der Waals surface area (Å²) in [4.78, 5) is 0. The van der Waals surface area contributed by atoms with Gasteiger partial charge in [-0.05, 0) is 12.1 Å². The van der Waals surface area contributed by atoms with Crippen LogP contribution in [0.5, 0.6) is 0 Å². The normalized spacial score (nSPS) is 12.9. The van der Waals surface area contributed by atoms with Gasteiger partial charge >= 0.3 is 0 Å². The standard InChI is InChI=1S/C15H34Cl2Si2/c1-18(2,16)14-12-10-8-6-5-7-9-11-13-15-19(3,4)17/h5-15H2,1-4H3. The van der Waals surface area contributed by atoms with Crippen molar-refractivity contribution in [1.29, 1.82) is 0 Å². The molecule has 0 spiro atoms. The van der Waals surface area contributed by atoms with Gasteiger partial charge in [-0.2, -0.15) is 22.2 Å². The number of halogens is 2. The zero-order valence-electron chi connectivity index (χ0n) is 13.5. The van der Waals surface area contributed by atoms with Crippen LogP contribution in [0.2, 0.25) is 38.3 Å². The Balaban J connectivity index is 3.12. The lowest BCUT2D eigenvalue weighted by atomic mass is 10.1. The summed E-state index contributed by atoms with van der Waals surface area (Å²) in [5, 5.41) is 0. The fourth-order valence-electron chi connectivity index (χ4n) is 2.33. The van der Waals surface area contributed by atoms with Crippen molar-refractivity contribution in [3.8, 4) is 0 Å². The third kappa shape index (κ3) is 19.0. The molecule has 0 fully saturated rings. The van der Waals surface area contributed by atoms with E-state index in [0.717, 1.165) is 0 Å². The SMILES string of the molecule is C[Si](C)(Cl)CCCCCCCCCCC[Si](C)(C)Cl. The van der Waals surface area contributed by atoms with Gasteiger partial charge in [-0.25, -0.2) is 0 Å². The predicted octanol–water partition coefficient (Wildman–Crippen LogP) is 7.39. The minimum absolute atomic E-state index is 1.28. The maximum absolute atomic E-state index is 6.31. The molecule has 116 valence electrons. The second-order valence-corrected chi connectivity index (χ2v) is 21.1. The first kappa shape index (κ1) is 20.0. The first-order valence-corrected chi connectivity index (χ1v) is 16.5. The van der Waals surface area contributed by atoms with Gasteiger partial charge in [0.25, 0.3) is 0 Å². The highest BCUT2D eigenvalue weighted by molar-refractivity contribution is 7.19. The highest BCUT2D eigenvalue weighted by atomic mass is 35.6. The van der Waals surface area contributed by atoms with E-state index in [0.29, 0.717) is 0 Å². The van der Waals surface area contributed by atoms with E-state index < -0.39 is 14.8 Å². The van der Waals surface area contributed by atoms with Crippen molar-refractivity contribution in [3.63, 3.8) is 0 Å². The summed E-state index contributed by atoms with van der Waals surface area (Å²) >= 11 is 12.6. The molecule has 0 aliphatic rings. The average Bonchev–Trinajstić information content (AvgIpc) is 2.22. The van der Waals surface area contributed by atoms with Gasteiger partial charge in [0, 0.05) is 0 Å². The molecular weight excluding hydrogens is 307 g/mol. The fraction of sp³-hybridized carbons (Fsp3) is 1.00. The van der Waals surface area contributed by atoms with Gasteiger partial charge < -0.3 is 0 Å². The smallest absolute Gasteiger partial charge is 0.150 e. The topological polar surface area (TPSA) is 0 Å². The molecule has 0 unspecified atom stereocenters. The molecule has 0 nitrogen and oxygen atoms in total. The monoisotopic (exact) mass is 340 g/mol. The van der Waals surface area contributed by atoms with Crippen molar-refractivity contribution in [1.82, 2.24) is 0 Å². The summed E-state index contributed by atoms with van der Waals surface area (Å²) in [7, 11) is -2.60. The van der Waals surface area contributed by atoms with E-state index in [1.807, 2.05) is 0 Å². The Bertz CT molecular complexity index is 185. The molecule has 0 amide bonds. The molecule has 0 aliphatic carbocycles. The third-order valence-electron chi connectivity index (χ3n) is 3.54. The lowest BCUT2D eigenvalue weighted by Crippen LogP contribution is -2.14. The van der Waals surface area contributed by atoms with E-state index >= 15 is 0 Å². The molecular formula is C15H34Cl2Si2. The number of hydrogen-bond donors (Lipinski definition) is 0. The molecule has 0 atom stereocenters. The third-order valence-corrected chi connectivity index (χ3v) is 7.76. The maximum atomic E-state index is 6.31. The molecule has 0 aromatic heterocycles. The first-order chi connectivity index (χ1) is 8.71. The van der Waals surface area contributed by atoms with Crippen LogP contribution >= 0.6 is 22.2 Å². The van der Waals surface area contributed by atoms with Gasteiger partial charge in [0.05, 0.1) is 0 Å². The number of unbranched alkanes of at least 4 members (excludes halogenated alkanes) is 8. The quantitative estimate of drug-likeness (QED) is 0.197. The van der Waals surface area contributed by atoms with Crippen LogP contribution in [0.15, 0.2) is 0 Å². The summed E-state index contributed by atoms with van der Waals surface area (Å²) < 4.78 is 0. The van der Waals surface area contributed by atoms with Crippen LogP contribution in [0.3, 0.4) is 0 Å². The van der Waals surface area contributed by atoms with Crippen LogP contribution in [-0.4, -0.2) is 14.8 Å². The zero-order valence-corrected chi connectivity index (χ0v) is 17.0. The molecule has 0 aromatic rings. The summed E-state index contributed by atoms with van der Waals surface area (Å²) in [5.74, 6) is 0. The summed E-state index contributed by atoms with van der Waals surface area (Å²) in [6.45, 7) is 9.00. The first-order valence-electron chi connectivity index (χ1n) is 8.09. The predicted molar refractivity (Wildman–Crippen MR) is 97.8 cm³/mol. The van der Waals surface area contributed by atoms with E-state index in [4.69, 9.17) is 22.2 Å². The van der Waals surface area contributed by atoms with Crippen LogP contribution < -0.4 is 0 Å². The van der Waals surface area contributed by atoms with E-state index in [-0.39, 0.29) is 0 Å². The Kier molecular flexibility index (Phi) is 11.3. The Morgan fingerprint density at radius 3 is 0.895 bits per heavy atom. The molecule has 0 N–H and O–H groups in total. The second-order valence-electron chi connectivity index (χ2n) is 7.12.